The number of phenols is 1. The summed E-state index contributed by atoms with van der Waals surface area (Å²) in [6.07, 6.45) is -0.188. The Labute approximate surface area is 183 Å². The summed E-state index contributed by atoms with van der Waals surface area (Å²) in [5.74, 6) is -13.2. The fourth-order valence-electron chi connectivity index (χ4n) is 6.13. The van der Waals surface area contributed by atoms with Crippen LogP contribution in [-0.2, 0) is 24.8 Å². The molecule has 1 aromatic rings. The van der Waals surface area contributed by atoms with E-state index in [9.17, 15) is 39.3 Å². The van der Waals surface area contributed by atoms with Crippen molar-refractivity contribution in [3.63, 3.8) is 0 Å². The molecule has 1 aromatic carbocycles. The predicted octanol–water partition coefficient (Wildman–Crippen LogP) is -0.126. The number of hydrogen-bond acceptors (Lipinski definition) is 8. The molecule has 0 heterocycles. The fourth-order valence-corrected chi connectivity index (χ4v) is 6.13. The van der Waals surface area contributed by atoms with Crippen molar-refractivity contribution in [2.45, 2.75) is 38.4 Å². The molecule has 0 spiro atoms. The molecule has 0 aliphatic heterocycles. The molecule has 2 saturated carbocycles. The van der Waals surface area contributed by atoms with Crippen LogP contribution in [0.4, 0.5) is 0 Å². The molecule has 2 fully saturated rings. The average Bonchev–Trinajstić information content (AvgIpc) is 2.68. The van der Waals surface area contributed by atoms with E-state index in [2.05, 4.69) is 0 Å². The van der Waals surface area contributed by atoms with Crippen LogP contribution >= 0.6 is 0 Å². The van der Waals surface area contributed by atoms with E-state index in [0.29, 0.717) is 0 Å². The van der Waals surface area contributed by atoms with E-state index in [1.54, 1.807) is 13.8 Å². The summed E-state index contributed by atoms with van der Waals surface area (Å²) in [6, 6.07) is 4.16. The van der Waals surface area contributed by atoms with Crippen molar-refractivity contribution in [1.29, 1.82) is 0 Å². The maximum atomic E-state index is 13.6. The third-order valence-corrected chi connectivity index (χ3v) is 7.63. The highest BCUT2D eigenvalue weighted by molar-refractivity contribution is 6.32. The van der Waals surface area contributed by atoms with Crippen molar-refractivity contribution in [2.24, 2.45) is 41.2 Å². The molecule has 1 amide bonds. The molecule has 0 bridgehead atoms. The van der Waals surface area contributed by atoms with E-state index in [1.165, 1.54) is 25.1 Å². The summed E-state index contributed by atoms with van der Waals surface area (Å²) in [4.78, 5) is 65.1. The van der Waals surface area contributed by atoms with Crippen LogP contribution in [0.1, 0.15) is 43.1 Å². The number of fused-ring (bicyclic) bond motifs is 3. The van der Waals surface area contributed by atoms with Crippen molar-refractivity contribution in [3.05, 3.63) is 29.3 Å². The number of ketones is 4. The number of aromatic hydroxyl groups is 1. The maximum Gasteiger partial charge on any atom is 0.235 e. The number of Topliss-reactive ketones (excluding diaryl/α,β-unsaturated/α-hetero) is 4. The Hall–Kier alpha value is -2.91. The minimum absolute atomic E-state index is 0.131. The number of carbonyl (C=O) groups is 5. The summed E-state index contributed by atoms with van der Waals surface area (Å²) < 4.78 is 0. The van der Waals surface area contributed by atoms with Crippen LogP contribution in [0.15, 0.2) is 18.2 Å². The van der Waals surface area contributed by atoms with Gasteiger partial charge < -0.3 is 21.1 Å². The van der Waals surface area contributed by atoms with E-state index in [4.69, 9.17) is 5.73 Å². The molecule has 0 aromatic heterocycles. The zero-order valence-electron chi connectivity index (χ0n) is 17.9. The predicted molar refractivity (Wildman–Crippen MR) is 108 cm³/mol. The third-order valence-electron chi connectivity index (χ3n) is 7.63. The van der Waals surface area contributed by atoms with Gasteiger partial charge in [-0.2, -0.15) is 0 Å². The Kier molecular flexibility index (Phi) is 4.73. The van der Waals surface area contributed by atoms with Crippen LogP contribution in [0.2, 0.25) is 0 Å². The summed E-state index contributed by atoms with van der Waals surface area (Å²) in [6.45, 7) is 4.71. The first-order valence-electron chi connectivity index (χ1n) is 10.5. The van der Waals surface area contributed by atoms with Crippen molar-refractivity contribution in [1.82, 2.24) is 0 Å². The van der Waals surface area contributed by atoms with Gasteiger partial charge >= 0.3 is 0 Å². The second-order valence-corrected chi connectivity index (χ2v) is 9.64. The normalized spacial score (nSPS) is 38.9. The Morgan fingerprint density at radius 1 is 1.09 bits per heavy atom. The van der Waals surface area contributed by atoms with Crippen molar-refractivity contribution < 1.29 is 39.3 Å². The number of primary amides is 1. The first-order chi connectivity index (χ1) is 14.8. The average molecular weight is 443 g/mol. The molecule has 9 heteroatoms. The van der Waals surface area contributed by atoms with Gasteiger partial charge in [0.05, 0.1) is 17.1 Å². The standard InChI is InChI=1S/C23H25NO8/c1-8(2)13-11-7-10-15(18(27)14-9(22(10,3)31)5-4-6-12(14)25)19(28)23(11,32)20(29)16(17(13)26)21(24)30/h4-6,8,10-11,13,15-16,25,31-32H,7H2,1-3H3,(H2,24,30). The second kappa shape index (κ2) is 6.79. The Morgan fingerprint density at radius 2 is 1.72 bits per heavy atom. The molecule has 4 rings (SSSR count). The topological polar surface area (TPSA) is 172 Å². The van der Waals surface area contributed by atoms with E-state index in [0.717, 1.165) is 0 Å². The van der Waals surface area contributed by atoms with Crippen LogP contribution in [0.5, 0.6) is 5.75 Å². The van der Waals surface area contributed by atoms with Gasteiger partial charge in [0.15, 0.2) is 34.7 Å². The van der Waals surface area contributed by atoms with Gasteiger partial charge in [0.2, 0.25) is 5.91 Å². The molecule has 7 unspecified atom stereocenters. The lowest BCUT2D eigenvalue weighted by Gasteiger charge is -2.55. The minimum atomic E-state index is -2.78. The smallest absolute Gasteiger partial charge is 0.235 e. The lowest BCUT2D eigenvalue weighted by atomic mass is 9.47. The monoisotopic (exact) mass is 443 g/mol. The van der Waals surface area contributed by atoms with E-state index in [-0.39, 0.29) is 17.5 Å². The zero-order valence-corrected chi connectivity index (χ0v) is 17.9. The molecule has 32 heavy (non-hydrogen) atoms. The number of phenolic OH excluding ortho intramolecular Hbond substituents is 1. The van der Waals surface area contributed by atoms with E-state index >= 15 is 0 Å². The lowest BCUT2D eigenvalue weighted by Crippen LogP contribution is -2.72. The summed E-state index contributed by atoms with van der Waals surface area (Å²) in [7, 11) is 0. The third kappa shape index (κ3) is 2.55. The first kappa shape index (κ1) is 22.3. The molecule has 3 aliphatic carbocycles. The Bertz CT molecular complexity index is 1090. The number of nitrogens with two attached hydrogens (primary N) is 1. The van der Waals surface area contributed by atoms with Gasteiger partial charge in [-0.05, 0) is 30.9 Å². The van der Waals surface area contributed by atoms with Crippen molar-refractivity contribution >= 4 is 29.0 Å². The Morgan fingerprint density at radius 3 is 2.28 bits per heavy atom. The lowest BCUT2D eigenvalue weighted by molar-refractivity contribution is -0.189. The van der Waals surface area contributed by atoms with Crippen LogP contribution in [0, 0.1) is 35.5 Å². The fraction of sp³-hybridized carbons (Fsp3) is 0.522. The number of hydrogen-bond donors (Lipinski definition) is 4. The maximum absolute atomic E-state index is 13.6. The van der Waals surface area contributed by atoms with Gasteiger partial charge in [-0.15, -0.1) is 0 Å². The summed E-state index contributed by atoms with van der Waals surface area (Å²) in [5, 5.41) is 33.2. The Balaban J connectivity index is 1.95. The minimum Gasteiger partial charge on any atom is -0.507 e. The number of aliphatic hydroxyl groups is 2. The summed E-state index contributed by atoms with van der Waals surface area (Å²) >= 11 is 0. The first-order valence-corrected chi connectivity index (χ1v) is 10.5. The van der Waals surface area contributed by atoms with Crippen molar-refractivity contribution in [2.75, 3.05) is 0 Å². The second-order valence-electron chi connectivity index (χ2n) is 9.64. The molecular formula is C23H25NO8. The van der Waals surface area contributed by atoms with Gasteiger partial charge in [0.25, 0.3) is 0 Å². The number of amides is 1. The molecule has 0 radical (unpaired) electrons. The van der Waals surface area contributed by atoms with E-state index in [1.807, 2.05) is 0 Å². The molecule has 7 atom stereocenters. The molecule has 170 valence electrons. The van der Waals surface area contributed by atoms with E-state index < -0.39 is 81.5 Å². The van der Waals surface area contributed by atoms with Gasteiger partial charge in [-0.3, -0.25) is 24.0 Å². The highest BCUT2D eigenvalue weighted by Gasteiger charge is 2.71. The van der Waals surface area contributed by atoms with Gasteiger partial charge in [-0.25, -0.2) is 0 Å². The van der Waals surface area contributed by atoms with Crippen LogP contribution in [-0.4, -0.2) is 50.0 Å². The van der Waals surface area contributed by atoms with Gasteiger partial charge in [-0.1, -0.05) is 26.0 Å². The number of benzene rings is 1. The number of rotatable bonds is 2. The quantitative estimate of drug-likeness (QED) is 0.458. The molecule has 3 aliphatic rings. The largest absolute Gasteiger partial charge is 0.507 e. The molecule has 5 N–H and O–H groups in total. The SMILES string of the molecule is CC(C)C1C(=O)C(C(N)=O)C(=O)C2(O)C(=O)C3C(=O)c4c(O)cccc4C(C)(O)C3CC12. The van der Waals surface area contributed by atoms with Crippen LogP contribution < -0.4 is 5.73 Å². The highest BCUT2D eigenvalue weighted by Crippen LogP contribution is 2.57. The molecular weight excluding hydrogens is 418 g/mol. The molecule has 9 nitrogen and oxygen atoms in total. The highest BCUT2D eigenvalue weighted by atomic mass is 16.3. The van der Waals surface area contributed by atoms with Crippen LogP contribution in [0.3, 0.4) is 0 Å². The zero-order chi connectivity index (χ0) is 23.9. The van der Waals surface area contributed by atoms with Gasteiger partial charge in [0.1, 0.15) is 5.75 Å². The van der Waals surface area contributed by atoms with Crippen molar-refractivity contribution in [3.8, 4) is 5.75 Å². The number of carbonyl (C=O) groups excluding carboxylic acids is 5. The van der Waals surface area contributed by atoms with Gasteiger partial charge in [0, 0.05) is 17.8 Å². The summed E-state index contributed by atoms with van der Waals surface area (Å²) in [5.41, 5.74) is 0.614. The van der Waals surface area contributed by atoms with Crippen LogP contribution in [0.25, 0.3) is 0 Å². The molecule has 0 saturated heterocycles.